The first-order valence-electron chi connectivity index (χ1n) is 28.6. The van der Waals surface area contributed by atoms with Gasteiger partial charge in [-0.1, -0.05) is 24.3 Å². The van der Waals surface area contributed by atoms with Gasteiger partial charge in [0.1, 0.15) is 12.1 Å². The van der Waals surface area contributed by atoms with Gasteiger partial charge in [0.25, 0.3) is 5.91 Å². The second-order valence-corrected chi connectivity index (χ2v) is 20.7. The SMILES string of the molecule is CC(=O)N[C@H](CCCN)C(=O)NC(=O)[C@H](C)NC(=O)[C@@H](CCCN=C(N)N)NCCN1CCN(CC(=O)NC2CCN(CC(=O)N3c4ccccc4NC(=O)c4ccccc43)CC2)CC1.O=C(O)C(F)(F)F.O=C(O)C(F)(F)F.O=C(O)C(F)(F)F.O=C(O)C(F)(F)F.O=C(O)C(F)(F)F. The first kappa shape index (κ1) is 90.3. The van der Waals surface area contributed by atoms with Gasteiger partial charge >= 0.3 is 60.7 Å². The van der Waals surface area contributed by atoms with Gasteiger partial charge in [0.15, 0.2) is 5.96 Å². The summed E-state index contributed by atoms with van der Waals surface area (Å²) in [7, 11) is 0. The number of para-hydroxylation sites is 3. The standard InChI is InChI=1S/C44H66N14O7.5C2HF3O2/c1-29(40(62)54-43(65)35(11-7-17-45)51-30(2)59)50-42(64)34(12-8-18-49-44(46)47)48-19-22-55-23-25-57(26-24-55)27-38(60)52-31-15-20-56(21-16-31)28-39(61)58-36-13-5-3-9-32(36)41(63)53-33-10-4-6-14-37(33)58;5*3-2(4,5)1(6)7/h3-6,9-10,13-14,29,31,34-35,48H,7-8,11-12,15-28,45H2,1-2H3,(H,50,64)(H,51,59)(H,52,60)(H,53,63)(H4,46,47,49)(H,54,62,65);5*(H,6,7)/t29-,34+,35+;;;;;/m0...../s1. The van der Waals surface area contributed by atoms with Gasteiger partial charge in [-0.05, 0) is 76.3 Å². The molecule has 0 bridgehead atoms. The van der Waals surface area contributed by atoms with Crippen molar-refractivity contribution < 1.29 is 149 Å². The number of nitrogens with two attached hydrogens (primary N) is 3. The Labute approximate surface area is 555 Å². The maximum atomic E-state index is 13.9. The average Bonchev–Trinajstić information content (AvgIpc) is 1.60. The zero-order chi connectivity index (χ0) is 77.3. The van der Waals surface area contributed by atoms with Crippen molar-refractivity contribution in [3.8, 4) is 0 Å². The molecule has 0 spiro atoms. The van der Waals surface area contributed by atoms with Gasteiger partial charge in [0, 0.05) is 71.9 Å². The summed E-state index contributed by atoms with van der Waals surface area (Å²) in [5, 5.41) is 52.5. The van der Waals surface area contributed by atoms with Crippen LogP contribution in [-0.4, -0.2) is 251 Å². The van der Waals surface area contributed by atoms with E-state index in [2.05, 4.69) is 51.6 Å². The predicted molar refractivity (Wildman–Crippen MR) is 315 cm³/mol. The Hall–Kier alpha value is -9.70. The van der Waals surface area contributed by atoms with Crippen molar-refractivity contribution in [3.63, 3.8) is 0 Å². The Bertz CT molecular complexity index is 2960. The third-order valence-corrected chi connectivity index (χ3v) is 12.9. The number of carboxylic acids is 5. The second-order valence-electron chi connectivity index (χ2n) is 20.7. The summed E-state index contributed by atoms with van der Waals surface area (Å²) in [6, 6.07) is 11.7. The van der Waals surface area contributed by atoms with Crippen molar-refractivity contribution in [2.75, 3.05) is 88.8 Å². The molecular weight excluding hydrogens is 1400 g/mol. The maximum absolute atomic E-state index is 13.9. The summed E-state index contributed by atoms with van der Waals surface area (Å²) in [6.45, 7) is 9.07. The number of nitrogens with zero attached hydrogens (tertiary/aromatic N) is 5. The molecule has 2 fully saturated rings. The highest BCUT2D eigenvalue weighted by Crippen LogP contribution is 2.38. The summed E-state index contributed by atoms with van der Waals surface area (Å²) in [4.78, 5) is 147. The van der Waals surface area contributed by atoms with Crippen molar-refractivity contribution in [3.05, 3.63) is 54.1 Å². The fraction of sp³-hybridized carbons (Fsp3) is 0.537. The fourth-order valence-corrected chi connectivity index (χ4v) is 8.13. The molecule has 17 N–H and O–H groups in total. The van der Waals surface area contributed by atoms with Crippen molar-refractivity contribution in [2.45, 2.75) is 107 Å². The van der Waals surface area contributed by atoms with Crippen LogP contribution < -0.4 is 54.0 Å². The number of benzene rings is 2. The number of aliphatic carboxylic acids is 5. The largest absolute Gasteiger partial charge is 0.490 e. The number of piperazine rings is 1. The number of carbonyl (C=O) groups is 12. The number of anilines is 3. The molecule has 2 aromatic rings. The maximum Gasteiger partial charge on any atom is 0.490 e. The highest BCUT2D eigenvalue weighted by Gasteiger charge is 2.41. The summed E-state index contributed by atoms with van der Waals surface area (Å²) in [5.74, 6) is -16.5. The van der Waals surface area contributed by atoms with E-state index in [0.29, 0.717) is 107 Å². The van der Waals surface area contributed by atoms with Crippen LogP contribution in [0, 0.1) is 0 Å². The Balaban J connectivity index is 0.00000227. The van der Waals surface area contributed by atoms with Crippen LogP contribution in [0.2, 0.25) is 0 Å². The number of likely N-dealkylation sites (tertiary alicyclic amines) is 1. The van der Waals surface area contributed by atoms with Gasteiger partial charge in [-0.3, -0.25) is 63.5 Å². The molecule has 3 aliphatic rings. The van der Waals surface area contributed by atoms with E-state index in [0.717, 1.165) is 13.1 Å². The Kier molecular flexibility index (Phi) is 38.2. The molecule has 0 radical (unpaired) electrons. The molecule has 0 unspecified atom stereocenters. The lowest BCUT2D eigenvalue weighted by atomic mass is 10.0. The lowest BCUT2D eigenvalue weighted by Crippen LogP contribution is -2.56. The molecule has 7 amide bonds. The van der Waals surface area contributed by atoms with Crippen LogP contribution in [0.5, 0.6) is 0 Å². The van der Waals surface area contributed by atoms with Crippen molar-refractivity contribution in [2.24, 2.45) is 22.2 Å². The molecule has 5 rings (SSSR count). The highest BCUT2D eigenvalue weighted by atomic mass is 19.4. The second kappa shape index (κ2) is 42.3. The van der Waals surface area contributed by atoms with E-state index < -0.39 is 102 Å². The van der Waals surface area contributed by atoms with E-state index >= 15 is 0 Å². The van der Waals surface area contributed by atoms with E-state index in [1.54, 1.807) is 29.2 Å². The van der Waals surface area contributed by atoms with Gasteiger partial charge in [-0.25, -0.2) is 24.0 Å². The number of nitrogens with one attached hydrogen (secondary N) is 6. The van der Waals surface area contributed by atoms with Crippen molar-refractivity contribution >= 4 is 94.2 Å². The van der Waals surface area contributed by atoms with E-state index in [4.69, 9.17) is 66.7 Å². The number of rotatable bonds is 21. The Morgan fingerprint density at radius 1 is 0.580 bits per heavy atom. The lowest BCUT2D eigenvalue weighted by Gasteiger charge is -2.36. The Morgan fingerprint density at radius 3 is 1.46 bits per heavy atom. The van der Waals surface area contributed by atoms with Crippen LogP contribution in [-0.2, 0) is 52.7 Å². The molecule has 46 heteroatoms. The molecule has 3 heterocycles. The monoisotopic (exact) mass is 1470 g/mol. The van der Waals surface area contributed by atoms with E-state index in [1.165, 1.54) is 13.8 Å². The number of alkyl halides is 15. The molecule has 2 saturated heterocycles. The zero-order valence-electron chi connectivity index (χ0n) is 52.4. The minimum Gasteiger partial charge on any atom is -0.475 e. The van der Waals surface area contributed by atoms with Gasteiger partial charge in [-0.15, -0.1) is 0 Å². The number of halogens is 15. The van der Waals surface area contributed by atoms with E-state index in [1.807, 2.05) is 24.3 Å². The highest BCUT2D eigenvalue weighted by molar-refractivity contribution is 6.18. The van der Waals surface area contributed by atoms with Crippen LogP contribution >= 0.6 is 0 Å². The minimum absolute atomic E-state index is 0.000941. The van der Waals surface area contributed by atoms with Crippen LogP contribution in [0.25, 0.3) is 0 Å². The average molecular weight is 1470 g/mol. The molecule has 0 saturated carbocycles. The van der Waals surface area contributed by atoms with E-state index in [9.17, 15) is 99.4 Å². The van der Waals surface area contributed by atoms with Crippen LogP contribution in [0.1, 0.15) is 62.7 Å². The van der Waals surface area contributed by atoms with Gasteiger partial charge in [-0.2, -0.15) is 65.9 Å². The van der Waals surface area contributed by atoms with Crippen molar-refractivity contribution in [1.29, 1.82) is 0 Å². The normalized spacial score (nSPS) is 15.1. The summed E-state index contributed by atoms with van der Waals surface area (Å²) < 4.78 is 159. The number of amides is 7. The minimum atomic E-state index is -5.08. The number of carbonyl (C=O) groups excluding carboxylic acids is 7. The third-order valence-electron chi connectivity index (χ3n) is 12.9. The summed E-state index contributed by atoms with van der Waals surface area (Å²) >= 11 is 0. The molecular formula is C54H71F15N14O17. The number of guanidine groups is 1. The zero-order valence-corrected chi connectivity index (χ0v) is 52.4. The predicted octanol–water partition coefficient (Wildman–Crippen LogP) is 1.68. The number of fused-ring (bicyclic) bond motifs is 2. The molecule has 564 valence electrons. The number of hydrogen-bond acceptors (Lipinski definition) is 18. The smallest absolute Gasteiger partial charge is 0.475 e. The molecule has 0 aromatic heterocycles. The molecule has 100 heavy (non-hydrogen) atoms. The fourth-order valence-electron chi connectivity index (χ4n) is 8.13. The van der Waals surface area contributed by atoms with Crippen LogP contribution in [0.4, 0.5) is 82.9 Å². The summed E-state index contributed by atoms with van der Waals surface area (Å²) in [5.41, 5.74) is 18.7. The molecule has 2 aromatic carbocycles. The van der Waals surface area contributed by atoms with Gasteiger partial charge in [0.2, 0.25) is 35.4 Å². The Morgan fingerprint density at radius 2 is 1.01 bits per heavy atom. The molecule has 3 atom stereocenters. The first-order chi connectivity index (χ1) is 45.9. The van der Waals surface area contributed by atoms with Crippen LogP contribution in [0.15, 0.2) is 53.5 Å². The number of hydrogen-bond donors (Lipinski definition) is 14. The number of imide groups is 1. The van der Waals surface area contributed by atoms with Gasteiger partial charge < -0.3 is 69.3 Å². The quantitative estimate of drug-likeness (QED) is 0.0366. The van der Waals surface area contributed by atoms with Crippen LogP contribution in [0.3, 0.4) is 0 Å². The number of carboxylic acid groups (broad SMARTS) is 5. The van der Waals surface area contributed by atoms with E-state index in [-0.39, 0.29) is 49.2 Å². The topological polar surface area (TPSA) is 482 Å². The third kappa shape index (κ3) is 36.8. The van der Waals surface area contributed by atoms with Crippen molar-refractivity contribution in [1.82, 2.24) is 41.3 Å². The molecule has 3 aliphatic heterocycles. The number of piperidine rings is 1. The molecule has 31 nitrogen and oxygen atoms in total. The lowest BCUT2D eigenvalue weighted by molar-refractivity contribution is -0.193. The summed E-state index contributed by atoms with van der Waals surface area (Å²) in [6.07, 6.45) is -22.4. The first-order valence-corrected chi connectivity index (χ1v) is 28.6. The number of aliphatic imine (C=N–C) groups is 1. The van der Waals surface area contributed by atoms with Gasteiger partial charge in [0.05, 0.1) is 41.8 Å². The molecule has 0 aliphatic carbocycles.